The van der Waals surface area contributed by atoms with Crippen molar-refractivity contribution in [3.63, 3.8) is 0 Å². The van der Waals surface area contributed by atoms with Crippen LogP contribution in [-0.2, 0) is 18.3 Å². The summed E-state index contributed by atoms with van der Waals surface area (Å²) in [6, 6.07) is 0. The van der Waals surface area contributed by atoms with Gasteiger partial charge >= 0.3 is 30.4 Å². The van der Waals surface area contributed by atoms with Gasteiger partial charge in [0.1, 0.15) is 0 Å². The number of hydrogen-bond donors (Lipinski definition) is 8. The van der Waals surface area contributed by atoms with Crippen molar-refractivity contribution in [3.05, 3.63) is 0 Å². The summed E-state index contributed by atoms with van der Waals surface area (Å²) in [7, 11) is -18.5. The molecule has 8 N–H and O–H groups in total. The summed E-state index contributed by atoms with van der Waals surface area (Å²) in [4.78, 5) is 73.9. The van der Waals surface area contributed by atoms with Crippen LogP contribution in [0.25, 0.3) is 0 Å². The van der Waals surface area contributed by atoms with Gasteiger partial charge in [-0.3, -0.25) is 0 Å². The molecule has 16 nitrogen and oxygen atoms in total. The van der Waals surface area contributed by atoms with Crippen LogP contribution in [0.4, 0.5) is 0 Å². The van der Waals surface area contributed by atoms with Gasteiger partial charge < -0.3 is 39.1 Å². The first kappa shape index (κ1) is 29.3. The molecule has 1 heterocycles. The molecule has 0 unspecified atom stereocenters. The molecule has 0 amide bonds. The molecule has 32 heavy (non-hydrogen) atoms. The first-order valence-electron chi connectivity index (χ1n) is 8.93. The van der Waals surface area contributed by atoms with Crippen LogP contribution in [0.15, 0.2) is 0 Å². The second kappa shape index (κ2) is 11.6. The molecule has 0 bridgehead atoms. The minimum Gasteiger partial charge on any atom is -0.317 e. The Balaban J connectivity index is 3.41. The van der Waals surface area contributed by atoms with Gasteiger partial charge in [0, 0.05) is 0 Å². The molecule has 1 saturated heterocycles. The van der Waals surface area contributed by atoms with E-state index in [1.165, 1.54) is 18.3 Å². The molecule has 0 aromatic carbocycles. The molecule has 1 aliphatic rings. The van der Waals surface area contributed by atoms with Gasteiger partial charge in [-0.15, -0.1) is 0 Å². The Bertz CT molecular complexity index is 813. The average molecular weight is 544 g/mol. The summed E-state index contributed by atoms with van der Waals surface area (Å²) in [6.45, 7) is -0.940. The fourth-order valence-electron chi connectivity index (χ4n) is 2.79. The summed E-state index contributed by atoms with van der Waals surface area (Å²) in [6.07, 6.45) is 0. The number of nitrogens with zero attached hydrogens (tertiary/aromatic N) is 4. The molecule has 0 aromatic rings. The summed E-state index contributed by atoms with van der Waals surface area (Å²) in [5.74, 6) is 2.49. The van der Waals surface area contributed by atoms with Crippen LogP contribution in [0.5, 0.6) is 0 Å². The van der Waals surface area contributed by atoms with Crippen molar-refractivity contribution in [1.82, 2.24) is 0 Å². The van der Waals surface area contributed by atoms with E-state index in [4.69, 9.17) is 0 Å². The standard InChI is InChI=1S/C12H24N4O12P4/c17-29(18,19)9-13-1-2-14(10-30(20,21)22)5-6-16(12-32(26,27)28)8-7-15(4-3-13)11-31(23,24)25/h9-12H,1-8H2,(H4-4,17,18,19,20,21,22,23,24,25,26,27,28)/p+4. The van der Waals surface area contributed by atoms with Crippen LogP contribution in [0.3, 0.4) is 0 Å². The molecule has 0 spiro atoms. The minimum atomic E-state index is -4.63. The molecule has 0 atom stereocenters. The van der Waals surface area contributed by atoms with Gasteiger partial charge in [0.05, 0.1) is 0 Å². The van der Waals surface area contributed by atoms with Gasteiger partial charge in [-0.25, -0.2) is 36.6 Å². The predicted octanol–water partition coefficient (Wildman–Crippen LogP) is -3.13. The average Bonchev–Trinajstić information content (AvgIpc) is 2.52. The third-order valence-corrected chi connectivity index (χ3v) is 6.46. The molecule has 20 heteroatoms. The Kier molecular flexibility index (Phi) is 10.6. The Morgan fingerprint density at radius 3 is 0.594 bits per heavy atom. The SMILES string of the molecule is O=P(O)(O)C=[N+]1CC[N+](=CP(=O)(O)O)CC[N+](=CP(=O)(O)O)CC[N+](=CP(=O)(O)O)CC1. The Labute approximate surface area is 182 Å². The van der Waals surface area contributed by atoms with Gasteiger partial charge in [0.25, 0.3) is 23.8 Å². The van der Waals surface area contributed by atoms with Crippen LogP contribution in [0.2, 0.25) is 0 Å². The third kappa shape index (κ3) is 15.2. The fourth-order valence-corrected chi connectivity index (χ4v) is 5.41. The highest BCUT2D eigenvalue weighted by Gasteiger charge is 2.28. The Morgan fingerprint density at radius 2 is 0.500 bits per heavy atom. The van der Waals surface area contributed by atoms with Crippen LogP contribution in [0, 0.1) is 0 Å². The first-order valence-corrected chi connectivity index (χ1v) is 15.7. The summed E-state index contributed by atoms with van der Waals surface area (Å²) in [5, 5.41) is 0. The zero-order valence-corrected chi connectivity index (χ0v) is 20.3. The van der Waals surface area contributed by atoms with E-state index in [9.17, 15) is 57.4 Å². The second-order valence-corrected chi connectivity index (χ2v) is 12.6. The molecule has 0 saturated carbocycles. The second-order valence-electron chi connectivity index (χ2n) is 6.96. The van der Waals surface area contributed by atoms with Gasteiger partial charge in [0.2, 0.25) is 52.4 Å². The van der Waals surface area contributed by atoms with Gasteiger partial charge in [-0.2, -0.15) is 0 Å². The molecule has 1 rings (SSSR count). The smallest absolute Gasteiger partial charge is 0.317 e. The van der Waals surface area contributed by atoms with Crippen molar-refractivity contribution in [2.45, 2.75) is 0 Å². The predicted molar refractivity (Wildman–Crippen MR) is 112 cm³/mol. The van der Waals surface area contributed by atoms with Gasteiger partial charge in [0.15, 0.2) is 0 Å². The molecule has 184 valence electrons. The van der Waals surface area contributed by atoms with Crippen LogP contribution in [-0.4, -0.2) is 134 Å². The van der Waals surface area contributed by atoms with Gasteiger partial charge in [-0.1, -0.05) is 0 Å². The topological polar surface area (TPSA) is 242 Å². The number of hydrogen-bond acceptors (Lipinski definition) is 4. The van der Waals surface area contributed by atoms with Gasteiger partial charge in [-0.05, 0) is 0 Å². The highest BCUT2D eigenvalue weighted by atomic mass is 31.2. The molecule has 1 aliphatic heterocycles. The Morgan fingerprint density at radius 1 is 0.375 bits per heavy atom. The number of rotatable bonds is 4. The molecular weight excluding hydrogens is 516 g/mol. The lowest BCUT2D eigenvalue weighted by molar-refractivity contribution is -0.659. The van der Waals surface area contributed by atoms with Crippen molar-refractivity contribution in [2.24, 2.45) is 0 Å². The molecular formula is C12H28N4O12P4+4. The van der Waals surface area contributed by atoms with E-state index in [2.05, 4.69) is 0 Å². The van der Waals surface area contributed by atoms with Crippen molar-refractivity contribution >= 4 is 54.2 Å². The monoisotopic (exact) mass is 544 g/mol. The molecule has 0 aliphatic carbocycles. The van der Waals surface area contributed by atoms with Crippen molar-refractivity contribution in [1.29, 1.82) is 0 Å². The highest BCUT2D eigenvalue weighted by Crippen LogP contribution is 2.32. The van der Waals surface area contributed by atoms with E-state index >= 15 is 0 Å². The lowest BCUT2D eigenvalue weighted by atomic mass is 10.4. The van der Waals surface area contributed by atoms with Crippen LogP contribution >= 0.6 is 30.4 Å². The van der Waals surface area contributed by atoms with E-state index in [0.29, 0.717) is 23.8 Å². The Hall–Kier alpha value is -0.720. The summed E-state index contributed by atoms with van der Waals surface area (Å²) >= 11 is 0. The summed E-state index contributed by atoms with van der Waals surface area (Å²) < 4.78 is 50.2. The summed E-state index contributed by atoms with van der Waals surface area (Å²) in [5.41, 5.74) is 0. The zero-order valence-electron chi connectivity index (χ0n) is 16.8. The highest BCUT2D eigenvalue weighted by molar-refractivity contribution is 7.68. The third-order valence-electron chi connectivity index (χ3n) is 3.95. The quantitative estimate of drug-likeness (QED) is 0.129. The minimum absolute atomic E-state index is 0.117. The van der Waals surface area contributed by atoms with Crippen molar-refractivity contribution in [2.75, 3.05) is 52.4 Å². The van der Waals surface area contributed by atoms with E-state index < -0.39 is 30.4 Å². The van der Waals surface area contributed by atoms with E-state index in [-0.39, 0.29) is 52.4 Å². The maximum absolute atomic E-state index is 11.4. The van der Waals surface area contributed by atoms with Crippen molar-refractivity contribution in [3.8, 4) is 0 Å². The fraction of sp³-hybridized carbons (Fsp3) is 0.667. The first-order chi connectivity index (χ1) is 14.3. The van der Waals surface area contributed by atoms with E-state index in [1.807, 2.05) is 0 Å². The van der Waals surface area contributed by atoms with Crippen LogP contribution in [0.1, 0.15) is 0 Å². The van der Waals surface area contributed by atoms with E-state index in [0.717, 1.165) is 0 Å². The zero-order chi connectivity index (χ0) is 24.8. The maximum atomic E-state index is 11.4. The van der Waals surface area contributed by atoms with Crippen LogP contribution < -0.4 is 0 Å². The molecule has 1 fully saturated rings. The normalized spacial score (nSPS) is 18.5. The molecule has 0 aromatic heterocycles. The van der Waals surface area contributed by atoms with Crippen molar-refractivity contribution < 1.29 is 75.7 Å². The largest absolute Gasteiger partial charge is 0.411 e. The van der Waals surface area contributed by atoms with E-state index in [1.54, 1.807) is 0 Å². The lowest BCUT2D eigenvalue weighted by Gasteiger charge is -2.10. The lowest BCUT2D eigenvalue weighted by Crippen LogP contribution is -2.37. The molecule has 0 radical (unpaired) electrons. The maximum Gasteiger partial charge on any atom is 0.411 e.